The molecule has 26 heavy (non-hydrogen) atoms. The van der Waals surface area contributed by atoms with E-state index in [4.69, 9.17) is 4.74 Å². The first-order valence-electron chi connectivity index (χ1n) is 8.66. The molecule has 1 aromatic carbocycles. The van der Waals surface area contributed by atoms with Crippen LogP contribution in [0.4, 0.5) is 13.2 Å². The van der Waals surface area contributed by atoms with Crippen molar-refractivity contribution < 1.29 is 22.6 Å². The Balaban J connectivity index is 2.39. The van der Waals surface area contributed by atoms with Gasteiger partial charge in [-0.05, 0) is 38.3 Å². The van der Waals surface area contributed by atoms with Gasteiger partial charge in [0.2, 0.25) is 0 Å². The number of hydrogen-bond donors (Lipinski definition) is 2. The minimum atomic E-state index is -4.28. The quantitative estimate of drug-likeness (QED) is 0.375. The van der Waals surface area contributed by atoms with E-state index in [2.05, 4.69) is 26.4 Å². The van der Waals surface area contributed by atoms with Crippen molar-refractivity contribution in [1.29, 1.82) is 0 Å². The molecule has 0 bridgehead atoms. The number of ether oxygens (including phenoxy) is 2. The molecule has 0 unspecified atom stereocenters. The number of guanidine groups is 1. The van der Waals surface area contributed by atoms with Crippen LogP contribution in [0.5, 0.6) is 5.75 Å². The monoisotopic (exact) mass is 375 g/mol. The fourth-order valence-electron chi connectivity index (χ4n) is 2.31. The molecule has 0 amide bonds. The van der Waals surface area contributed by atoms with Crippen LogP contribution in [0.3, 0.4) is 0 Å². The van der Waals surface area contributed by atoms with Crippen molar-refractivity contribution in [1.82, 2.24) is 10.6 Å². The molecule has 148 valence electrons. The summed E-state index contributed by atoms with van der Waals surface area (Å²) in [5.41, 5.74) is 2.27. The molecule has 0 radical (unpaired) electrons. The van der Waals surface area contributed by atoms with Crippen LogP contribution in [-0.2, 0) is 11.2 Å². The maximum Gasteiger partial charge on any atom is 0.411 e. The third kappa shape index (κ3) is 9.50. The zero-order chi connectivity index (χ0) is 19.4. The molecule has 0 aliphatic heterocycles. The predicted molar refractivity (Wildman–Crippen MR) is 96.9 cm³/mol. The van der Waals surface area contributed by atoms with Crippen molar-refractivity contribution in [3.63, 3.8) is 0 Å². The molecule has 0 saturated heterocycles. The van der Waals surface area contributed by atoms with Gasteiger partial charge < -0.3 is 20.1 Å². The minimum Gasteiger partial charge on any atom is -0.496 e. The topological polar surface area (TPSA) is 54.9 Å². The third-order valence-corrected chi connectivity index (χ3v) is 3.45. The van der Waals surface area contributed by atoms with E-state index in [0.717, 1.165) is 17.7 Å². The molecule has 0 aliphatic rings. The Labute approximate surface area is 153 Å². The number of benzene rings is 1. The van der Waals surface area contributed by atoms with Crippen LogP contribution in [0.25, 0.3) is 0 Å². The SMILES string of the molecule is CCNC(=NCCCOCC(F)(F)F)NCCc1cc(C)ccc1OC. The smallest absolute Gasteiger partial charge is 0.411 e. The average Bonchev–Trinajstić information content (AvgIpc) is 2.57. The Morgan fingerprint density at radius 3 is 2.65 bits per heavy atom. The first-order chi connectivity index (χ1) is 12.4. The van der Waals surface area contributed by atoms with E-state index in [1.165, 1.54) is 5.56 Å². The van der Waals surface area contributed by atoms with E-state index >= 15 is 0 Å². The highest BCUT2D eigenvalue weighted by Crippen LogP contribution is 2.19. The number of aliphatic imine (C=N–C) groups is 1. The van der Waals surface area contributed by atoms with Crippen LogP contribution in [-0.4, -0.2) is 52.1 Å². The Bertz CT molecular complexity index is 563. The van der Waals surface area contributed by atoms with Crippen LogP contribution in [0.2, 0.25) is 0 Å². The van der Waals surface area contributed by atoms with Crippen LogP contribution in [0.1, 0.15) is 24.5 Å². The van der Waals surface area contributed by atoms with E-state index in [1.807, 2.05) is 26.0 Å². The molecule has 2 N–H and O–H groups in total. The van der Waals surface area contributed by atoms with Gasteiger partial charge >= 0.3 is 6.18 Å². The molecule has 1 aromatic rings. The Hall–Kier alpha value is -1.96. The molecule has 0 saturated carbocycles. The highest BCUT2D eigenvalue weighted by Gasteiger charge is 2.27. The predicted octanol–water partition coefficient (Wildman–Crippen LogP) is 3.07. The molecule has 5 nitrogen and oxygen atoms in total. The summed E-state index contributed by atoms with van der Waals surface area (Å²) in [6.45, 7) is 4.55. The van der Waals surface area contributed by atoms with Gasteiger partial charge in [0.05, 0.1) is 7.11 Å². The summed E-state index contributed by atoms with van der Waals surface area (Å²) in [5.74, 6) is 1.48. The number of methoxy groups -OCH3 is 1. The Kier molecular flexibility index (Phi) is 9.87. The van der Waals surface area contributed by atoms with Crippen LogP contribution < -0.4 is 15.4 Å². The van der Waals surface area contributed by atoms with E-state index in [1.54, 1.807) is 7.11 Å². The molecule has 0 heterocycles. The zero-order valence-corrected chi connectivity index (χ0v) is 15.6. The van der Waals surface area contributed by atoms with Gasteiger partial charge in [-0.1, -0.05) is 17.7 Å². The minimum absolute atomic E-state index is 0.0307. The van der Waals surface area contributed by atoms with Crippen molar-refractivity contribution in [3.05, 3.63) is 29.3 Å². The van der Waals surface area contributed by atoms with Crippen LogP contribution >= 0.6 is 0 Å². The lowest BCUT2D eigenvalue weighted by atomic mass is 10.1. The average molecular weight is 375 g/mol. The Morgan fingerprint density at radius 1 is 1.23 bits per heavy atom. The lowest BCUT2D eigenvalue weighted by Gasteiger charge is -2.13. The lowest BCUT2D eigenvalue weighted by molar-refractivity contribution is -0.173. The highest BCUT2D eigenvalue weighted by atomic mass is 19.4. The normalized spacial score (nSPS) is 12.2. The molecule has 1 rings (SSSR count). The number of hydrogen-bond acceptors (Lipinski definition) is 3. The second-order valence-corrected chi connectivity index (χ2v) is 5.77. The van der Waals surface area contributed by atoms with Gasteiger partial charge in [0, 0.05) is 26.2 Å². The summed E-state index contributed by atoms with van der Waals surface area (Å²) < 4.78 is 45.8. The van der Waals surface area contributed by atoms with Gasteiger partial charge in [0.25, 0.3) is 0 Å². The summed E-state index contributed by atoms with van der Waals surface area (Å²) in [5, 5.41) is 6.33. The van der Waals surface area contributed by atoms with Gasteiger partial charge in [0.15, 0.2) is 5.96 Å². The number of halogens is 3. The third-order valence-electron chi connectivity index (χ3n) is 3.45. The van der Waals surface area contributed by atoms with Crippen molar-refractivity contribution in [3.8, 4) is 5.75 Å². The number of aryl methyl sites for hydroxylation is 1. The standard InChI is InChI=1S/C18H28F3N3O2/c1-4-22-17(23-9-5-11-26-13-18(19,20)21)24-10-8-15-12-14(2)6-7-16(15)25-3/h6-7,12H,4-5,8-11,13H2,1-3H3,(H2,22,23,24). The van der Waals surface area contributed by atoms with E-state index in [-0.39, 0.29) is 6.61 Å². The molecule has 0 spiro atoms. The Morgan fingerprint density at radius 2 is 2.00 bits per heavy atom. The summed E-state index contributed by atoms with van der Waals surface area (Å²) in [6.07, 6.45) is -3.08. The maximum atomic E-state index is 12.0. The number of nitrogens with zero attached hydrogens (tertiary/aromatic N) is 1. The van der Waals surface area contributed by atoms with Crippen molar-refractivity contribution in [2.24, 2.45) is 4.99 Å². The van der Waals surface area contributed by atoms with Gasteiger partial charge in [-0.2, -0.15) is 13.2 Å². The van der Waals surface area contributed by atoms with Gasteiger partial charge in [-0.15, -0.1) is 0 Å². The van der Waals surface area contributed by atoms with E-state index in [9.17, 15) is 13.2 Å². The second kappa shape index (κ2) is 11.6. The van der Waals surface area contributed by atoms with Crippen LogP contribution in [0, 0.1) is 6.92 Å². The second-order valence-electron chi connectivity index (χ2n) is 5.77. The molecular weight excluding hydrogens is 347 g/mol. The molecule has 0 atom stereocenters. The van der Waals surface area contributed by atoms with Crippen molar-refractivity contribution in [2.45, 2.75) is 32.9 Å². The molecular formula is C18H28F3N3O2. The molecule has 8 heteroatoms. The van der Waals surface area contributed by atoms with Gasteiger partial charge in [0.1, 0.15) is 12.4 Å². The summed E-state index contributed by atoms with van der Waals surface area (Å²) in [4.78, 5) is 4.34. The van der Waals surface area contributed by atoms with Gasteiger partial charge in [-0.25, -0.2) is 0 Å². The maximum absolute atomic E-state index is 12.0. The van der Waals surface area contributed by atoms with Gasteiger partial charge in [-0.3, -0.25) is 4.99 Å². The first kappa shape index (κ1) is 22.1. The summed E-state index contributed by atoms with van der Waals surface area (Å²) in [7, 11) is 1.65. The molecule has 0 fully saturated rings. The lowest BCUT2D eigenvalue weighted by Crippen LogP contribution is -2.38. The van der Waals surface area contributed by atoms with Crippen molar-refractivity contribution in [2.75, 3.05) is 40.0 Å². The summed E-state index contributed by atoms with van der Waals surface area (Å²) in [6, 6.07) is 6.04. The van der Waals surface area contributed by atoms with E-state index < -0.39 is 12.8 Å². The first-order valence-corrected chi connectivity index (χ1v) is 8.66. The fraction of sp³-hybridized carbons (Fsp3) is 0.611. The highest BCUT2D eigenvalue weighted by molar-refractivity contribution is 5.79. The zero-order valence-electron chi connectivity index (χ0n) is 15.6. The molecule has 0 aromatic heterocycles. The largest absolute Gasteiger partial charge is 0.496 e. The van der Waals surface area contributed by atoms with E-state index in [0.29, 0.717) is 32.0 Å². The summed E-state index contributed by atoms with van der Waals surface area (Å²) >= 11 is 0. The number of nitrogens with one attached hydrogen (secondary N) is 2. The van der Waals surface area contributed by atoms with Crippen molar-refractivity contribution >= 4 is 5.96 Å². The number of alkyl halides is 3. The number of rotatable bonds is 10. The fourth-order valence-corrected chi connectivity index (χ4v) is 2.31. The molecule has 0 aliphatic carbocycles. The van der Waals surface area contributed by atoms with Crippen LogP contribution in [0.15, 0.2) is 23.2 Å².